The SMILES string of the molecule is c1ccc(-c2ccc(CNC3CCCOc4ccccc43)o2)cc1. The molecule has 122 valence electrons. The summed E-state index contributed by atoms with van der Waals surface area (Å²) in [6.07, 6.45) is 2.13. The highest BCUT2D eigenvalue weighted by atomic mass is 16.5. The molecule has 0 spiro atoms. The van der Waals surface area contributed by atoms with Crippen molar-refractivity contribution in [1.29, 1.82) is 0 Å². The Balaban J connectivity index is 1.47. The van der Waals surface area contributed by atoms with Crippen molar-refractivity contribution in [1.82, 2.24) is 5.32 Å². The zero-order valence-corrected chi connectivity index (χ0v) is 13.6. The molecule has 3 aromatic rings. The Kier molecular flexibility index (Phi) is 4.34. The first kappa shape index (κ1) is 15.0. The predicted octanol–water partition coefficient (Wildman–Crippen LogP) is 4.95. The number of ether oxygens (including phenoxy) is 1. The third-order valence-corrected chi connectivity index (χ3v) is 4.43. The maximum absolute atomic E-state index is 5.99. The highest BCUT2D eigenvalue weighted by Gasteiger charge is 2.19. The fourth-order valence-electron chi connectivity index (χ4n) is 3.19. The number of rotatable bonds is 4. The minimum atomic E-state index is 0.300. The lowest BCUT2D eigenvalue weighted by molar-refractivity contribution is 0.315. The third-order valence-electron chi connectivity index (χ3n) is 4.43. The van der Waals surface area contributed by atoms with E-state index in [-0.39, 0.29) is 0 Å². The molecular weight excluding hydrogens is 298 g/mol. The van der Waals surface area contributed by atoms with Gasteiger partial charge in [-0.2, -0.15) is 0 Å². The fraction of sp³-hybridized carbons (Fsp3) is 0.238. The van der Waals surface area contributed by atoms with Crippen LogP contribution in [0.1, 0.15) is 30.2 Å². The minimum Gasteiger partial charge on any atom is -0.493 e. The van der Waals surface area contributed by atoms with E-state index in [9.17, 15) is 0 Å². The van der Waals surface area contributed by atoms with Gasteiger partial charge in [0, 0.05) is 17.2 Å². The Morgan fingerprint density at radius 1 is 0.917 bits per heavy atom. The van der Waals surface area contributed by atoms with Gasteiger partial charge in [-0.3, -0.25) is 0 Å². The molecule has 2 aromatic carbocycles. The Hall–Kier alpha value is -2.52. The Morgan fingerprint density at radius 2 is 1.75 bits per heavy atom. The summed E-state index contributed by atoms with van der Waals surface area (Å²) in [5, 5.41) is 3.63. The van der Waals surface area contributed by atoms with Crippen LogP contribution in [0.4, 0.5) is 0 Å². The molecule has 0 aliphatic carbocycles. The smallest absolute Gasteiger partial charge is 0.134 e. The van der Waals surface area contributed by atoms with E-state index in [0.717, 1.165) is 42.3 Å². The molecule has 1 unspecified atom stereocenters. The van der Waals surface area contributed by atoms with Crippen LogP contribution in [0.5, 0.6) is 5.75 Å². The zero-order valence-electron chi connectivity index (χ0n) is 13.6. The van der Waals surface area contributed by atoms with Gasteiger partial charge < -0.3 is 14.5 Å². The minimum absolute atomic E-state index is 0.300. The highest BCUT2D eigenvalue weighted by molar-refractivity contribution is 5.57. The molecule has 0 radical (unpaired) electrons. The van der Waals surface area contributed by atoms with Gasteiger partial charge in [0.05, 0.1) is 13.2 Å². The van der Waals surface area contributed by atoms with Crippen LogP contribution in [0.2, 0.25) is 0 Å². The van der Waals surface area contributed by atoms with Gasteiger partial charge in [-0.15, -0.1) is 0 Å². The van der Waals surface area contributed by atoms with Gasteiger partial charge in [0.25, 0.3) is 0 Å². The van der Waals surface area contributed by atoms with Crippen LogP contribution in [-0.4, -0.2) is 6.61 Å². The average molecular weight is 319 g/mol. The van der Waals surface area contributed by atoms with E-state index in [1.54, 1.807) is 0 Å². The molecular formula is C21H21NO2. The molecule has 0 saturated heterocycles. The normalized spacial score (nSPS) is 16.9. The number of hydrogen-bond acceptors (Lipinski definition) is 3. The van der Waals surface area contributed by atoms with Crippen LogP contribution in [-0.2, 0) is 6.54 Å². The summed E-state index contributed by atoms with van der Waals surface area (Å²) >= 11 is 0. The van der Waals surface area contributed by atoms with E-state index in [2.05, 4.69) is 41.7 Å². The second kappa shape index (κ2) is 6.93. The van der Waals surface area contributed by atoms with Crippen molar-refractivity contribution in [3.05, 3.63) is 78.1 Å². The van der Waals surface area contributed by atoms with Gasteiger partial charge in [-0.25, -0.2) is 0 Å². The monoisotopic (exact) mass is 319 g/mol. The Bertz CT molecular complexity index is 794. The molecule has 1 atom stereocenters. The maximum atomic E-state index is 5.99. The van der Waals surface area contributed by atoms with E-state index in [4.69, 9.17) is 9.15 Å². The maximum Gasteiger partial charge on any atom is 0.134 e. The number of furan rings is 1. The van der Waals surface area contributed by atoms with Crippen LogP contribution in [0.25, 0.3) is 11.3 Å². The predicted molar refractivity (Wildman–Crippen MR) is 94.9 cm³/mol. The van der Waals surface area contributed by atoms with Crippen LogP contribution in [0.3, 0.4) is 0 Å². The number of nitrogens with one attached hydrogen (secondary N) is 1. The van der Waals surface area contributed by atoms with Crippen molar-refractivity contribution in [2.75, 3.05) is 6.61 Å². The van der Waals surface area contributed by atoms with Crippen molar-refractivity contribution in [3.63, 3.8) is 0 Å². The lowest BCUT2D eigenvalue weighted by Crippen LogP contribution is -2.20. The summed E-state index contributed by atoms with van der Waals surface area (Å²) in [7, 11) is 0. The summed E-state index contributed by atoms with van der Waals surface area (Å²) in [6, 6.07) is 22.9. The zero-order chi connectivity index (χ0) is 16.2. The molecule has 1 aliphatic rings. The van der Waals surface area contributed by atoms with Crippen LogP contribution < -0.4 is 10.1 Å². The first-order valence-electron chi connectivity index (χ1n) is 8.49. The highest BCUT2D eigenvalue weighted by Crippen LogP contribution is 2.31. The van der Waals surface area contributed by atoms with Gasteiger partial charge in [-0.05, 0) is 31.0 Å². The lowest BCUT2D eigenvalue weighted by Gasteiger charge is -2.17. The largest absolute Gasteiger partial charge is 0.493 e. The molecule has 1 aromatic heterocycles. The summed E-state index contributed by atoms with van der Waals surface area (Å²) in [6.45, 7) is 1.50. The standard InChI is InChI=1S/C21H21NO2/c1-2-7-16(8-3-1)20-13-12-17(24-20)15-22-19-10-6-14-23-21-11-5-4-9-18(19)21/h1-5,7-9,11-13,19,22H,6,10,14-15H2. The van der Waals surface area contributed by atoms with Crippen molar-refractivity contribution >= 4 is 0 Å². The molecule has 3 nitrogen and oxygen atoms in total. The Labute approximate surface area is 142 Å². The number of fused-ring (bicyclic) bond motifs is 1. The van der Waals surface area contributed by atoms with Crippen molar-refractivity contribution in [2.24, 2.45) is 0 Å². The number of para-hydroxylation sites is 1. The summed E-state index contributed by atoms with van der Waals surface area (Å²) < 4.78 is 11.8. The number of benzene rings is 2. The molecule has 0 amide bonds. The van der Waals surface area contributed by atoms with Gasteiger partial charge in [-0.1, -0.05) is 48.5 Å². The molecule has 1 aliphatic heterocycles. The van der Waals surface area contributed by atoms with Crippen molar-refractivity contribution in [2.45, 2.75) is 25.4 Å². The van der Waals surface area contributed by atoms with E-state index < -0.39 is 0 Å². The van der Waals surface area contributed by atoms with Gasteiger partial charge in [0.2, 0.25) is 0 Å². The molecule has 0 fully saturated rings. The Morgan fingerprint density at radius 3 is 2.67 bits per heavy atom. The molecule has 2 heterocycles. The first-order chi connectivity index (χ1) is 11.9. The molecule has 3 heteroatoms. The molecule has 4 rings (SSSR count). The second-order valence-corrected chi connectivity index (χ2v) is 6.09. The lowest BCUT2D eigenvalue weighted by atomic mass is 10.0. The van der Waals surface area contributed by atoms with Gasteiger partial charge in [0.15, 0.2) is 0 Å². The summed E-state index contributed by atoms with van der Waals surface area (Å²) in [4.78, 5) is 0. The number of hydrogen-bond donors (Lipinski definition) is 1. The molecule has 0 saturated carbocycles. The molecule has 0 bridgehead atoms. The molecule has 24 heavy (non-hydrogen) atoms. The van der Waals surface area contributed by atoms with Gasteiger partial charge >= 0.3 is 0 Å². The third kappa shape index (κ3) is 3.22. The quantitative estimate of drug-likeness (QED) is 0.739. The van der Waals surface area contributed by atoms with E-state index in [0.29, 0.717) is 12.6 Å². The fourth-order valence-corrected chi connectivity index (χ4v) is 3.19. The van der Waals surface area contributed by atoms with Crippen molar-refractivity contribution in [3.8, 4) is 17.1 Å². The van der Waals surface area contributed by atoms with E-state index in [1.165, 1.54) is 5.56 Å². The first-order valence-corrected chi connectivity index (χ1v) is 8.49. The summed E-state index contributed by atoms with van der Waals surface area (Å²) in [5.74, 6) is 2.87. The van der Waals surface area contributed by atoms with E-state index in [1.807, 2.05) is 30.3 Å². The second-order valence-electron chi connectivity index (χ2n) is 6.09. The van der Waals surface area contributed by atoms with Crippen LogP contribution in [0, 0.1) is 0 Å². The van der Waals surface area contributed by atoms with Crippen molar-refractivity contribution < 1.29 is 9.15 Å². The van der Waals surface area contributed by atoms with Gasteiger partial charge in [0.1, 0.15) is 17.3 Å². The topological polar surface area (TPSA) is 34.4 Å². The van der Waals surface area contributed by atoms with E-state index >= 15 is 0 Å². The average Bonchev–Trinajstić information content (AvgIpc) is 3.02. The molecule has 1 N–H and O–H groups in total. The summed E-state index contributed by atoms with van der Waals surface area (Å²) in [5.41, 5.74) is 2.35. The van der Waals surface area contributed by atoms with Crippen LogP contribution in [0.15, 0.2) is 71.1 Å². The van der Waals surface area contributed by atoms with Crippen LogP contribution >= 0.6 is 0 Å².